The molecule has 0 radical (unpaired) electrons. The van der Waals surface area contributed by atoms with Crippen LogP contribution in [0.25, 0.3) is 0 Å². The summed E-state index contributed by atoms with van der Waals surface area (Å²) in [7, 11) is 1.78. The Morgan fingerprint density at radius 3 is 2.64 bits per heavy atom. The molecule has 1 aliphatic carbocycles. The van der Waals surface area contributed by atoms with E-state index in [9.17, 15) is 4.79 Å². The highest BCUT2D eigenvalue weighted by Gasteiger charge is 2.43. The Labute approximate surface area is 232 Å². The van der Waals surface area contributed by atoms with Crippen molar-refractivity contribution < 1.29 is 19.0 Å². The van der Waals surface area contributed by atoms with E-state index in [4.69, 9.17) is 14.2 Å². The Hall–Kier alpha value is -2.68. The molecule has 1 N–H and O–H groups in total. The molecule has 1 spiro atoms. The number of amides is 1. The molecule has 4 heterocycles. The number of pyridine rings is 1. The van der Waals surface area contributed by atoms with Crippen LogP contribution in [0.2, 0.25) is 0 Å². The highest BCUT2D eigenvalue weighted by Crippen LogP contribution is 2.42. The highest BCUT2D eigenvalue weighted by atomic mass is 16.6. The van der Waals surface area contributed by atoms with E-state index in [2.05, 4.69) is 53.3 Å². The number of benzene rings is 1. The second-order valence-corrected chi connectivity index (χ2v) is 12.0. The number of nitrogens with zero attached hydrogens (tertiary/aromatic N) is 3. The fourth-order valence-corrected chi connectivity index (χ4v) is 6.83. The molecule has 8 heteroatoms. The molecule has 1 saturated carbocycles. The Balaban J connectivity index is 1.23. The third-order valence-corrected chi connectivity index (χ3v) is 9.05. The lowest BCUT2D eigenvalue weighted by Gasteiger charge is -2.40. The van der Waals surface area contributed by atoms with Crippen molar-refractivity contribution in [3.63, 3.8) is 0 Å². The van der Waals surface area contributed by atoms with Gasteiger partial charge < -0.3 is 29.3 Å². The van der Waals surface area contributed by atoms with Gasteiger partial charge in [0.25, 0.3) is 0 Å². The molecule has 2 aromatic rings. The fraction of sp³-hybridized carbons (Fsp3) is 0.613. The SMILES string of the molecule is CO[C@H]1COC2(CCN(c3ccc4c(c3)N(C(=O)C3CCC(OC(C)C)CC3)Cc3cccnc3N4)CC2)C1. The van der Waals surface area contributed by atoms with Gasteiger partial charge in [-0.05, 0) is 76.6 Å². The summed E-state index contributed by atoms with van der Waals surface area (Å²) in [6.07, 6.45) is 9.05. The number of carbonyl (C=O) groups excluding carboxylic acids is 1. The number of ether oxygens (including phenoxy) is 3. The molecule has 1 atom stereocenters. The lowest BCUT2D eigenvalue weighted by molar-refractivity contribution is -0.124. The zero-order valence-electron chi connectivity index (χ0n) is 23.5. The van der Waals surface area contributed by atoms with Crippen LogP contribution >= 0.6 is 0 Å². The van der Waals surface area contributed by atoms with Crippen molar-refractivity contribution in [2.75, 3.05) is 41.9 Å². The predicted molar refractivity (Wildman–Crippen MR) is 153 cm³/mol. The van der Waals surface area contributed by atoms with Gasteiger partial charge in [0.15, 0.2) is 0 Å². The Morgan fingerprint density at radius 1 is 1.13 bits per heavy atom. The van der Waals surface area contributed by atoms with E-state index < -0.39 is 0 Å². The van der Waals surface area contributed by atoms with Crippen LogP contribution in [-0.4, -0.2) is 61.6 Å². The molecule has 3 fully saturated rings. The van der Waals surface area contributed by atoms with E-state index in [0.717, 1.165) is 86.5 Å². The highest BCUT2D eigenvalue weighted by molar-refractivity contribution is 6.00. The van der Waals surface area contributed by atoms with Gasteiger partial charge in [0, 0.05) is 50.0 Å². The van der Waals surface area contributed by atoms with Crippen molar-refractivity contribution >= 4 is 28.8 Å². The quantitative estimate of drug-likeness (QED) is 0.548. The van der Waals surface area contributed by atoms with Gasteiger partial charge in [0.2, 0.25) is 5.91 Å². The molecule has 3 aliphatic heterocycles. The van der Waals surface area contributed by atoms with Gasteiger partial charge in [-0.15, -0.1) is 0 Å². The normalized spacial score (nSPS) is 26.2. The number of anilines is 4. The first-order valence-corrected chi connectivity index (χ1v) is 14.7. The number of rotatable bonds is 5. The van der Waals surface area contributed by atoms with Crippen molar-refractivity contribution in [2.45, 2.75) is 89.3 Å². The number of carbonyl (C=O) groups is 1. The van der Waals surface area contributed by atoms with Crippen LogP contribution in [0.3, 0.4) is 0 Å². The van der Waals surface area contributed by atoms with E-state index in [1.807, 2.05) is 11.0 Å². The molecular formula is C31H42N4O4. The maximum atomic E-state index is 14.1. The minimum atomic E-state index is -0.0577. The first-order valence-electron chi connectivity index (χ1n) is 14.7. The third kappa shape index (κ3) is 5.52. The van der Waals surface area contributed by atoms with E-state index in [1.54, 1.807) is 13.3 Å². The van der Waals surface area contributed by atoms with Crippen molar-refractivity contribution in [1.29, 1.82) is 0 Å². The van der Waals surface area contributed by atoms with E-state index in [0.29, 0.717) is 13.2 Å². The smallest absolute Gasteiger partial charge is 0.230 e. The van der Waals surface area contributed by atoms with E-state index >= 15 is 0 Å². The zero-order valence-corrected chi connectivity index (χ0v) is 23.5. The summed E-state index contributed by atoms with van der Waals surface area (Å²) >= 11 is 0. The molecule has 39 heavy (non-hydrogen) atoms. The van der Waals surface area contributed by atoms with Crippen LogP contribution in [0.15, 0.2) is 36.5 Å². The minimum Gasteiger partial charge on any atom is -0.379 e. The second-order valence-electron chi connectivity index (χ2n) is 12.0. The summed E-state index contributed by atoms with van der Waals surface area (Å²) in [5, 5.41) is 3.52. The number of nitrogens with one attached hydrogen (secondary N) is 1. The van der Waals surface area contributed by atoms with Gasteiger partial charge in [0.1, 0.15) is 5.82 Å². The number of aromatic nitrogens is 1. The predicted octanol–water partition coefficient (Wildman–Crippen LogP) is 5.43. The molecule has 6 rings (SSSR count). The Morgan fingerprint density at radius 2 is 1.92 bits per heavy atom. The first-order chi connectivity index (χ1) is 18.9. The maximum absolute atomic E-state index is 14.1. The van der Waals surface area contributed by atoms with Crippen molar-refractivity contribution in [1.82, 2.24) is 4.98 Å². The molecule has 1 amide bonds. The average Bonchev–Trinajstić information content (AvgIpc) is 3.27. The topological polar surface area (TPSA) is 76.2 Å². The molecule has 210 valence electrons. The maximum Gasteiger partial charge on any atom is 0.230 e. The van der Waals surface area contributed by atoms with Crippen LogP contribution in [0.1, 0.15) is 64.4 Å². The molecular weight excluding hydrogens is 492 g/mol. The summed E-state index contributed by atoms with van der Waals surface area (Å²) in [6, 6.07) is 10.5. The standard InChI is InChI=1S/C31H42N4O4/c1-21(2)39-25-9-6-22(7-10-25)30(36)35-19-23-5-4-14-32-29(23)33-27-11-8-24(17-28(27)35)34-15-12-31(13-16-34)18-26(37-3)20-38-31/h4-5,8,11,14,17,21-22,25-26H,6-7,9-10,12-13,15-16,18-20H2,1-3H3,(H,32,33)/t22?,25?,26-/m1/s1. The van der Waals surface area contributed by atoms with Crippen LogP contribution in [0.4, 0.5) is 22.9 Å². The fourth-order valence-electron chi connectivity index (χ4n) is 6.83. The van der Waals surface area contributed by atoms with E-state index in [-0.39, 0.29) is 35.7 Å². The molecule has 4 aliphatic rings. The number of piperidine rings is 1. The van der Waals surface area contributed by atoms with Crippen LogP contribution in [0.5, 0.6) is 0 Å². The number of fused-ring (bicyclic) bond motifs is 2. The number of hydrogen-bond donors (Lipinski definition) is 1. The largest absolute Gasteiger partial charge is 0.379 e. The third-order valence-electron chi connectivity index (χ3n) is 9.05. The summed E-state index contributed by atoms with van der Waals surface area (Å²) in [5.74, 6) is 1.04. The minimum absolute atomic E-state index is 0.00910. The van der Waals surface area contributed by atoms with Gasteiger partial charge in [-0.3, -0.25) is 4.79 Å². The first kappa shape index (κ1) is 26.5. The lowest BCUT2D eigenvalue weighted by atomic mass is 9.86. The molecule has 0 bridgehead atoms. The zero-order chi connectivity index (χ0) is 27.0. The lowest BCUT2D eigenvalue weighted by Crippen LogP contribution is -2.44. The Bertz CT molecular complexity index is 1170. The summed E-state index contributed by atoms with van der Waals surface area (Å²) in [5.41, 5.74) is 3.99. The van der Waals surface area contributed by atoms with Gasteiger partial charge in [0.05, 0.1) is 48.4 Å². The molecule has 0 unspecified atom stereocenters. The summed E-state index contributed by atoms with van der Waals surface area (Å²) < 4.78 is 17.8. The van der Waals surface area contributed by atoms with Gasteiger partial charge in [-0.2, -0.15) is 0 Å². The molecule has 2 saturated heterocycles. The van der Waals surface area contributed by atoms with Gasteiger partial charge in [-0.25, -0.2) is 4.98 Å². The number of hydrogen-bond acceptors (Lipinski definition) is 7. The monoisotopic (exact) mass is 534 g/mol. The second kappa shape index (κ2) is 11.1. The van der Waals surface area contributed by atoms with Crippen LogP contribution in [-0.2, 0) is 25.5 Å². The van der Waals surface area contributed by atoms with Crippen molar-refractivity contribution in [3.05, 3.63) is 42.1 Å². The van der Waals surface area contributed by atoms with Crippen molar-refractivity contribution in [3.8, 4) is 0 Å². The van der Waals surface area contributed by atoms with Crippen molar-refractivity contribution in [2.24, 2.45) is 5.92 Å². The Kier molecular flexibility index (Phi) is 7.53. The number of methoxy groups -OCH3 is 1. The average molecular weight is 535 g/mol. The summed E-state index contributed by atoms with van der Waals surface area (Å²) in [4.78, 5) is 23.1. The summed E-state index contributed by atoms with van der Waals surface area (Å²) in [6.45, 7) is 7.24. The molecule has 1 aromatic carbocycles. The van der Waals surface area contributed by atoms with E-state index in [1.165, 1.54) is 0 Å². The molecule has 1 aromatic heterocycles. The van der Waals surface area contributed by atoms with Crippen LogP contribution < -0.4 is 15.1 Å². The van der Waals surface area contributed by atoms with Gasteiger partial charge >= 0.3 is 0 Å². The van der Waals surface area contributed by atoms with Crippen LogP contribution in [0, 0.1) is 5.92 Å². The van der Waals surface area contributed by atoms with Gasteiger partial charge in [-0.1, -0.05) is 6.07 Å². The molecule has 8 nitrogen and oxygen atoms in total.